The van der Waals surface area contributed by atoms with Crippen LogP contribution in [0.4, 0.5) is 41.7 Å². The van der Waals surface area contributed by atoms with Crippen molar-refractivity contribution in [3.8, 4) is 11.8 Å². The Kier molecular flexibility index (Phi) is 10.1. The molecule has 13 heteroatoms. The lowest BCUT2D eigenvalue weighted by atomic mass is 10.2. The number of rotatable bonds is 12. The lowest BCUT2D eigenvalue weighted by Gasteiger charge is -2.26. The first-order valence-electron chi connectivity index (χ1n) is 12.4. The molecule has 0 atom stereocenters. The van der Waals surface area contributed by atoms with Crippen LogP contribution < -0.4 is 25.6 Å². The molecule has 1 heterocycles. The number of aromatic nitrogens is 2. The third-order valence-corrected chi connectivity index (χ3v) is 5.89. The molecule has 1 amide bonds. The molecule has 41 heavy (non-hydrogen) atoms. The van der Waals surface area contributed by atoms with E-state index in [1.807, 2.05) is 37.0 Å². The van der Waals surface area contributed by atoms with E-state index in [1.54, 1.807) is 18.2 Å². The molecule has 0 unspecified atom stereocenters. The van der Waals surface area contributed by atoms with Gasteiger partial charge in [0.2, 0.25) is 5.91 Å². The molecule has 0 spiro atoms. The number of likely N-dealkylation sites (N-methyl/N-ethyl adjacent to an activating group) is 2. The van der Waals surface area contributed by atoms with Gasteiger partial charge in [-0.1, -0.05) is 12.6 Å². The number of ether oxygens (including phenoxy) is 1. The number of nitrogens with one attached hydrogen (secondary N) is 3. The van der Waals surface area contributed by atoms with Gasteiger partial charge in [0.1, 0.15) is 23.0 Å². The van der Waals surface area contributed by atoms with E-state index in [4.69, 9.17) is 10.00 Å². The van der Waals surface area contributed by atoms with Gasteiger partial charge < -0.3 is 30.5 Å². The van der Waals surface area contributed by atoms with Crippen LogP contribution in [0.2, 0.25) is 0 Å². The molecule has 0 aliphatic heterocycles. The molecule has 3 N–H and O–H groups in total. The summed E-state index contributed by atoms with van der Waals surface area (Å²) >= 11 is 0. The van der Waals surface area contributed by atoms with Crippen molar-refractivity contribution in [3.63, 3.8) is 0 Å². The number of carbonyl (C=O) groups is 1. The molecule has 10 nitrogen and oxygen atoms in total. The lowest BCUT2D eigenvalue weighted by Crippen LogP contribution is -2.29. The number of hydrogen-bond donors (Lipinski definition) is 3. The summed E-state index contributed by atoms with van der Waals surface area (Å²) in [7, 11) is 7.27. The molecule has 0 saturated heterocycles. The minimum atomic E-state index is -4.71. The van der Waals surface area contributed by atoms with Gasteiger partial charge in [-0.15, -0.1) is 0 Å². The second-order valence-electron chi connectivity index (χ2n) is 9.21. The van der Waals surface area contributed by atoms with Gasteiger partial charge in [-0.3, -0.25) is 4.79 Å². The van der Waals surface area contributed by atoms with Crippen molar-refractivity contribution < 1.29 is 22.7 Å². The van der Waals surface area contributed by atoms with Crippen LogP contribution in [-0.4, -0.2) is 62.1 Å². The first-order chi connectivity index (χ1) is 19.4. The van der Waals surface area contributed by atoms with Crippen molar-refractivity contribution in [1.29, 1.82) is 5.26 Å². The minimum Gasteiger partial charge on any atom is -0.495 e. The fraction of sp³-hybridized carbons (Fsp3) is 0.286. The Morgan fingerprint density at radius 1 is 1.17 bits per heavy atom. The number of alkyl halides is 3. The molecular formula is C28H31F3N8O2. The van der Waals surface area contributed by atoms with Gasteiger partial charge >= 0.3 is 6.18 Å². The predicted octanol–water partition coefficient (Wildman–Crippen LogP) is 4.85. The van der Waals surface area contributed by atoms with Gasteiger partial charge in [0.05, 0.1) is 42.3 Å². The van der Waals surface area contributed by atoms with Crippen molar-refractivity contribution in [2.24, 2.45) is 0 Å². The standard InChI is InChI=1S/C28H31F3N8O2/c1-6-26(40)36-21-13-22(24(41-5)14-23(21)39(4)11-10-38(2)3)33-17-25-34-16-20(28(29,30)31)27(37-25)35-19-9-7-8-18(12-19)15-32/h6-9,12-14,16,33H,1,10-11,17H2,2-5H3,(H,36,40)(H,34,35,37). The summed E-state index contributed by atoms with van der Waals surface area (Å²) in [5, 5.41) is 17.7. The number of amides is 1. The zero-order valence-corrected chi connectivity index (χ0v) is 23.1. The van der Waals surface area contributed by atoms with E-state index < -0.39 is 23.5 Å². The Bertz CT molecular complexity index is 1440. The molecule has 216 valence electrons. The van der Waals surface area contributed by atoms with Gasteiger partial charge in [0.15, 0.2) is 0 Å². The van der Waals surface area contributed by atoms with Crippen molar-refractivity contribution in [1.82, 2.24) is 14.9 Å². The molecule has 0 saturated carbocycles. The number of halogens is 3. The first kappa shape index (κ1) is 30.7. The maximum Gasteiger partial charge on any atom is 0.421 e. The summed E-state index contributed by atoms with van der Waals surface area (Å²) < 4.78 is 46.7. The van der Waals surface area contributed by atoms with Crippen LogP contribution in [0.25, 0.3) is 0 Å². The normalized spacial score (nSPS) is 11.0. The zero-order chi connectivity index (χ0) is 30.2. The van der Waals surface area contributed by atoms with Gasteiger partial charge in [-0.05, 0) is 44.4 Å². The van der Waals surface area contributed by atoms with Crippen LogP contribution in [0.1, 0.15) is 17.0 Å². The molecule has 0 fully saturated rings. The number of methoxy groups -OCH3 is 1. The van der Waals surface area contributed by atoms with Crippen molar-refractivity contribution >= 4 is 34.5 Å². The molecule has 0 radical (unpaired) electrons. The van der Waals surface area contributed by atoms with E-state index in [0.717, 1.165) is 12.6 Å². The number of carbonyl (C=O) groups excluding carboxylic acids is 1. The average molecular weight is 569 g/mol. The van der Waals surface area contributed by atoms with E-state index in [1.165, 1.54) is 25.3 Å². The van der Waals surface area contributed by atoms with Crippen LogP contribution in [-0.2, 0) is 17.5 Å². The maximum absolute atomic E-state index is 13.7. The highest BCUT2D eigenvalue weighted by Gasteiger charge is 2.35. The van der Waals surface area contributed by atoms with Crippen LogP contribution >= 0.6 is 0 Å². The van der Waals surface area contributed by atoms with Crippen molar-refractivity contribution in [3.05, 3.63) is 72.2 Å². The van der Waals surface area contributed by atoms with Crippen molar-refractivity contribution in [2.45, 2.75) is 12.7 Å². The third kappa shape index (κ3) is 8.33. The molecule has 1 aromatic heterocycles. The second kappa shape index (κ2) is 13.5. The Morgan fingerprint density at radius 3 is 2.56 bits per heavy atom. The molecule has 0 aliphatic rings. The zero-order valence-electron chi connectivity index (χ0n) is 23.1. The molecule has 3 rings (SSSR count). The molecule has 0 aliphatic carbocycles. The van der Waals surface area contributed by atoms with E-state index in [-0.39, 0.29) is 23.6 Å². The number of hydrogen-bond acceptors (Lipinski definition) is 9. The van der Waals surface area contributed by atoms with E-state index >= 15 is 0 Å². The summed E-state index contributed by atoms with van der Waals surface area (Å²) in [6.07, 6.45) is -2.86. The summed E-state index contributed by atoms with van der Waals surface area (Å²) in [6, 6.07) is 11.4. The summed E-state index contributed by atoms with van der Waals surface area (Å²) in [5.41, 5.74) is 1.12. The molecule has 3 aromatic rings. The Hall–Kier alpha value is -4.83. The predicted molar refractivity (Wildman–Crippen MR) is 152 cm³/mol. The average Bonchev–Trinajstić information content (AvgIpc) is 2.94. The Morgan fingerprint density at radius 2 is 1.93 bits per heavy atom. The van der Waals surface area contributed by atoms with Gasteiger partial charge in [-0.25, -0.2) is 9.97 Å². The highest BCUT2D eigenvalue weighted by Crippen LogP contribution is 2.38. The van der Waals surface area contributed by atoms with E-state index in [0.29, 0.717) is 35.6 Å². The largest absolute Gasteiger partial charge is 0.495 e. The van der Waals surface area contributed by atoms with Crippen LogP contribution in [0.15, 0.2) is 55.3 Å². The van der Waals surface area contributed by atoms with Crippen LogP contribution in [0, 0.1) is 11.3 Å². The molecular weight excluding hydrogens is 537 g/mol. The highest BCUT2D eigenvalue weighted by atomic mass is 19.4. The summed E-state index contributed by atoms with van der Waals surface area (Å²) in [5.74, 6) is -0.372. The summed E-state index contributed by atoms with van der Waals surface area (Å²) in [4.78, 5) is 24.2. The highest BCUT2D eigenvalue weighted by molar-refractivity contribution is 6.02. The van der Waals surface area contributed by atoms with Gasteiger partial charge in [0, 0.05) is 38.1 Å². The fourth-order valence-corrected chi connectivity index (χ4v) is 3.73. The summed E-state index contributed by atoms with van der Waals surface area (Å²) in [6.45, 7) is 4.86. The van der Waals surface area contributed by atoms with Crippen LogP contribution in [0.5, 0.6) is 5.75 Å². The lowest BCUT2D eigenvalue weighted by molar-refractivity contribution is -0.137. The van der Waals surface area contributed by atoms with Gasteiger partial charge in [0.25, 0.3) is 0 Å². The monoisotopic (exact) mass is 568 g/mol. The Labute approximate surface area is 236 Å². The Balaban J connectivity index is 1.93. The maximum atomic E-state index is 13.7. The van der Waals surface area contributed by atoms with Crippen LogP contribution in [0.3, 0.4) is 0 Å². The van der Waals surface area contributed by atoms with E-state index in [9.17, 15) is 18.0 Å². The smallest absolute Gasteiger partial charge is 0.421 e. The molecule has 2 aromatic carbocycles. The topological polar surface area (TPSA) is 118 Å². The number of nitrogens with zero attached hydrogens (tertiary/aromatic N) is 5. The second-order valence-corrected chi connectivity index (χ2v) is 9.21. The molecule has 0 bridgehead atoms. The fourth-order valence-electron chi connectivity index (χ4n) is 3.73. The third-order valence-electron chi connectivity index (χ3n) is 5.89. The number of benzene rings is 2. The van der Waals surface area contributed by atoms with Gasteiger partial charge in [-0.2, -0.15) is 18.4 Å². The number of nitriles is 1. The SMILES string of the molecule is C=CC(=O)Nc1cc(NCc2ncc(C(F)(F)F)c(Nc3cccc(C#N)c3)n2)c(OC)cc1N(C)CCN(C)C. The minimum absolute atomic E-state index is 0.0582. The van der Waals surface area contributed by atoms with Crippen molar-refractivity contribution in [2.75, 3.05) is 62.2 Å². The number of anilines is 5. The quantitative estimate of drug-likeness (QED) is 0.264. The van der Waals surface area contributed by atoms with E-state index in [2.05, 4.69) is 32.5 Å². The first-order valence-corrected chi connectivity index (χ1v) is 12.4.